The Morgan fingerprint density at radius 3 is 2.27 bits per heavy atom. The minimum Gasteiger partial charge on any atom is -0.448 e. The van der Waals surface area contributed by atoms with Crippen LogP contribution in [0, 0.1) is 0 Å². The van der Waals surface area contributed by atoms with Crippen molar-refractivity contribution >= 4 is 38.9 Å². The number of sulfonamides is 1. The number of amides is 1. The summed E-state index contributed by atoms with van der Waals surface area (Å²) in [7, 11) is -3.59. The van der Waals surface area contributed by atoms with Gasteiger partial charge < -0.3 is 10.1 Å². The number of anilines is 1. The molecule has 0 saturated carbocycles. The zero-order valence-electron chi connectivity index (χ0n) is 14.6. The fourth-order valence-electron chi connectivity index (χ4n) is 2.01. The topological polar surface area (TPSA) is 102 Å². The van der Waals surface area contributed by atoms with Crippen molar-refractivity contribution in [2.75, 3.05) is 5.32 Å². The lowest BCUT2D eigenvalue weighted by molar-refractivity contribution is -0.123. The highest BCUT2D eigenvalue weighted by molar-refractivity contribution is 7.89. The number of esters is 1. The first kappa shape index (κ1) is 20.1. The zero-order chi connectivity index (χ0) is 19.3. The molecule has 2 rings (SSSR count). The maximum absolute atomic E-state index is 12.1. The van der Waals surface area contributed by atoms with E-state index >= 15 is 0 Å². The van der Waals surface area contributed by atoms with Crippen molar-refractivity contribution in [3.05, 3.63) is 46.7 Å². The molecular weight excluding hydrogens is 376 g/mol. The lowest BCUT2D eigenvalue weighted by Crippen LogP contribution is -2.30. The van der Waals surface area contributed by atoms with Gasteiger partial charge >= 0.3 is 5.97 Å². The summed E-state index contributed by atoms with van der Waals surface area (Å²) in [6.07, 6.45) is -0.990. The second-order valence-corrected chi connectivity index (χ2v) is 8.48. The Hall–Kier alpha value is -2.23. The molecule has 9 heteroatoms. The lowest BCUT2D eigenvalue weighted by Gasteiger charge is -2.14. The Morgan fingerprint density at radius 1 is 1.08 bits per heavy atom. The fraction of sp³-hybridized carbons (Fsp3) is 0.294. The van der Waals surface area contributed by atoms with Crippen LogP contribution in [-0.4, -0.2) is 32.4 Å². The predicted octanol–water partition coefficient (Wildman–Crippen LogP) is 2.62. The number of nitrogens with one attached hydrogen (secondary N) is 2. The van der Waals surface area contributed by atoms with Gasteiger partial charge in [0.1, 0.15) is 4.88 Å². The molecule has 7 nitrogen and oxygen atoms in total. The average Bonchev–Trinajstić information content (AvgIpc) is 3.08. The summed E-state index contributed by atoms with van der Waals surface area (Å²) in [6, 6.07) is 8.84. The van der Waals surface area contributed by atoms with Crippen molar-refractivity contribution in [3.8, 4) is 0 Å². The molecule has 1 heterocycles. The molecular formula is C17H20N2O5S2. The third-order valence-corrected chi connectivity index (χ3v) is 5.72. The Morgan fingerprint density at radius 2 is 1.73 bits per heavy atom. The van der Waals surface area contributed by atoms with E-state index in [-0.39, 0.29) is 10.9 Å². The third-order valence-electron chi connectivity index (χ3n) is 3.20. The minimum atomic E-state index is -3.59. The van der Waals surface area contributed by atoms with E-state index in [1.807, 2.05) is 0 Å². The molecule has 1 atom stereocenters. The summed E-state index contributed by atoms with van der Waals surface area (Å²) < 4.78 is 31.7. The molecule has 0 aliphatic carbocycles. The van der Waals surface area contributed by atoms with E-state index in [1.54, 1.807) is 31.4 Å². The van der Waals surface area contributed by atoms with Crippen molar-refractivity contribution < 1.29 is 22.7 Å². The molecule has 140 valence electrons. The van der Waals surface area contributed by atoms with Gasteiger partial charge in [-0.15, -0.1) is 11.3 Å². The standard InChI is InChI=1S/C17H20N2O5S2/c1-11(2)19-26(22,23)14-8-6-13(7-9-14)18-16(20)12(3)24-17(21)15-5-4-10-25-15/h4-12,19H,1-3H3,(H,18,20)/t12-/m1/s1. The van der Waals surface area contributed by atoms with Crippen LogP contribution in [-0.2, 0) is 19.6 Å². The molecule has 1 amide bonds. The van der Waals surface area contributed by atoms with Gasteiger partial charge in [-0.1, -0.05) is 6.07 Å². The van der Waals surface area contributed by atoms with Crippen LogP contribution in [0.4, 0.5) is 5.69 Å². The van der Waals surface area contributed by atoms with E-state index in [4.69, 9.17) is 4.74 Å². The molecule has 1 aromatic heterocycles. The van der Waals surface area contributed by atoms with Crippen molar-refractivity contribution in [2.45, 2.75) is 37.8 Å². The lowest BCUT2D eigenvalue weighted by atomic mass is 10.3. The van der Waals surface area contributed by atoms with Gasteiger partial charge in [-0.25, -0.2) is 17.9 Å². The number of hydrogen-bond acceptors (Lipinski definition) is 6. The quantitative estimate of drug-likeness (QED) is 0.701. The fourth-order valence-corrected chi connectivity index (χ4v) is 3.86. The minimum absolute atomic E-state index is 0.0985. The molecule has 0 radical (unpaired) electrons. The number of rotatable bonds is 7. The van der Waals surface area contributed by atoms with Crippen molar-refractivity contribution in [1.82, 2.24) is 4.72 Å². The molecule has 26 heavy (non-hydrogen) atoms. The highest BCUT2D eigenvalue weighted by Gasteiger charge is 2.20. The Kier molecular flexibility index (Phi) is 6.52. The van der Waals surface area contributed by atoms with E-state index < -0.39 is 28.0 Å². The molecule has 0 saturated heterocycles. The van der Waals surface area contributed by atoms with Crippen LogP contribution in [0.5, 0.6) is 0 Å². The maximum Gasteiger partial charge on any atom is 0.349 e. The van der Waals surface area contributed by atoms with Crippen LogP contribution in [0.1, 0.15) is 30.4 Å². The first-order chi connectivity index (χ1) is 12.2. The molecule has 2 N–H and O–H groups in total. The molecule has 0 aliphatic rings. The number of carbonyl (C=O) groups excluding carboxylic acids is 2. The van der Waals surface area contributed by atoms with E-state index in [0.717, 1.165) is 0 Å². The zero-order valence-corrected chi connectivity index (χ0v) is 16.2. The Labute approximate surface area is 156 Å². The molecule has 0 unspecified atom stereocenters. The monoisotopic (exact) mass is 396 g/mol. The van der Waals surface area contributed by atoms with Crippen LogP contribution < -0.4 is 10.0 Å². The van der Waals surface area contributed by atoms with Crippen LogP contribution in [0.3, 0.4) is 0 Å². The van der Waals surface area contributed by atoms with Crippen molar-refractivity contribution in [2.24, 2.45) is 0 Å². The largest absolute Gasteiger partial charge is 0.448 e. The second-order valence-electron chi connectivity index (χ2n) is 5.81. The van der Waals surface area contributed by atoms with E-state index in [9.17, 15) is 18.0 Å². The summed E-state index contributed by atoms with van der Waals surface area (Å²) in [5.41, 5.74) is 0.400. The number of hydrogen-bond donors (Lipinski definition) is 2. The first-order valence-corrected chi connectivity index (χ1v) is 10.2. The van der Waals surface area contributed by atoms with Crippen LogP contribution in [0.2, 0.25) is 0 Å². The van der Waals surface area contributed by atoms with Crippen molar-refractivity contribution in [1.29, 1.82) is 0 Å². The summed E-state index contributed by atoms with van der Waals surface area (Å²) in [6.45, 7) is 4.92. The number of thiophene rings is 1. The molecule has 1 aromatic carbocycles. The van der Waals surface area contributed by atoms with Gasteiger partial charge in [0, 0.05) is 11.7 Å². The Balaban J connectivity index is 1.97. The third kappa shape index (κ3) is 5.38. The van der Waals surface area contributed by atoms with Crippen molar-refractivity contribution in [3.63, 3.8) is 0 Å². The van der Waals surface area contributed by atoms with Crippen LogP contribution in [0.25, 0.3) is 0 Å². The second kappa shape index (κ2) is 8.43. The van der Waals surface area contributed by atoms with Gasteiger partial charge in [0.05, 0.1) is 4.90 Å². The van der Waals surface area contributed by atoms with E-state index in [0.29, 0.717) is 10.6 Å². The van der Waals surface area contributed by atoms with Crippen LogP contribution in [0.15, 0.2) is 46.7 Å². The Bertz CT molecular complexity index is 859. The predicted molar refractivity (Wildman–Crippen MR) is 99.7 cm³/mol. The smallest absolute Gasteiger partial charge is 0.349 e. The molecule has 0 aliphatic heterocycles. The number of carbonyl (C=O) groups is 2. The maximum atomic E-state index is 12.1. The molecule has 0 bridgehead atoms. The van der Waals surface area contributed by atoms with E-state index in [1.165, 1.54) is 42.5 Å². The highest BCUT2D eigenvalue weighted by atomic mass is 32.2. The summed E-state index contributed by atoms with van der Waals surface area (Å²) in [4.78, 5) is 24.5. The van der Waals surface area contributed by atoms with Gasteiger partial charge in [-0.2, -0.15) is 0 Å². The molecule has 0 spiro atoms. The normalized spacial score (nSPS) is 12.6. The first-order valence-electron chi connectivity index (χ1n) is 7.87. The number of ether oxygens (including phenoxy) is 1. The van der Waals surface area contributed by atoms with Gasteiger partial charge in [0.2, 0.25) is 10.0 Å². The number of benzene rings is 1. The van der Waals surface area contributed by atoms with Gasteiger partial charge in [-0.3, -0.25) is 4.79 Å². The van der Waals surface area contributed by atoms with E-state index in [2.05, 4.69) is 10.0 Å². The average molecular weight is 396 g/mol. The molecule has 2 aromatic rings. The highest BCUT2D eigenvalue weighted by Crippen LogP contribution is 2.16. The van der Waals surface area contributed by atoms with Gasteiger partial charge in [-0.05, 0) is 56.5 Å². The van der Waals surface area contributed by atoms with Gasteiger partial charge in [0.15, 0.2) is 6.10 Å². The molecule has 0 fully saturated rings. The SMILES string of the molecule is CC(C)NS(=O)(=O)c1ccc(NC(=O)[C@@H](C)OC(=O)c2cccs2)cc1. The summed E-state index contributed by atoms with van der Waals surface area (Å²) >= 11 is 1.23. The van der Waals surface area contributed by atoms with Crippen LogP contribution >= 0.6 is 11.3 Å². The summed E-state index contributed by atoms with van der Waals surface area (Å²) in [5, 5.41) is 4.32. The van der Waals surface area contributed by atoms with Gasteiger partial charge in [0.25, 0.3) is 5.91 Å². The summed E-state index contributed by atoms with van der Waals surface area (Å²) in [5.74, 6) is -1.07.